The summed E-state index contributed by atoms with van der Waals surface area (Å²) in [5.74, 6) is 0.674. The lowest BCUT2D eigenvalue weighted by Gasteiger charge is -2.10. The van der Waals surface area contributed by atoms with Crippen molar-refractivity contribution in [3.05, 3.63) is 23.8 Å². The van der Waals surface area contributed by atoms with Gasteiger partial charge in [0, 0.05) is 0 Å². The van der Waals surface area contributed by atoms with Crippen LogP contribution in [0.5, 0.6) is 11.5 Å². The third-order valence-electron chi connectivity index (χ3n) is 1.64. The van der Waals surface area contributed by atoms with Gasteiger partial charge in [0.2, 0.25) is 0 Å². The number of aryl methyl sites for hydroxylation is 1. The van der Waals surface area contributed by atoms with Gasteiger partial charge in [-0.05, 0) is 31.5 Å². The van der Waals surface area contributed by atoms with Gasteiger partial charge in [0.15, 0.2) is 11.5 Å². The standard InChI is InChI=1S/C10H14O4S/c1-4-13-9-6-5-8(2)7-10(9)14-15(3,11)12/h5-7H,4H2,1-3H3. The first-order valence-corrected chi connectivity index (χ1v) is 6.37. The fraction of sp³-hybridized carbons (Fsp3) is 0.400. The van der Waals surface area contributed by atoms with E-state index in [1.165, 1.54) is 0 Å². The first-order valence-electron chi connectivity index (χ1n) is 4.55. The summed E-state index contributed by atoms with van der Waals surface area (Å²) in [5.41, 5.74) is 0.914. The number of hydrogen-bond donors (Lipinski definition) is 0. The van der Waals surface area contributed by atoms with Crippen molar-refractivity contribution in [3.8, 4) is 11.5 Å². The summed E-state index contributed by atoms with van der Waals surface area (Å²) in [5, 5.41) is 0. The molecule has 0 saturated heterocycles. The maximum absolute atomic E-state index is 11.0. The predicted molar refractivity (Wildman–Crippen MR) is 57.8 cm³/mol. The van der Waals surface area contributed by atoms with Gasteiger partial charge in [0.05, 0.1) is 12.9 Å². The summed E-state index contributed by atoms with van der Waals surface area (Å²) >= 11 is 0. The van der Waals surface area contributed by atoms with Crippen LogP contribution in [0.25, 0.3) is 0 Å². The summed E-state index contributed by atoms with van der Waals surface area (Å²) < 4.78 is 32.0. The number of ether oxygens (including phenoxy) is 1. The molecule has 0 bridgehead atoms. The Morgan fingerprint density at radius 1 is 1.27 bits per heavy atom. The van der Waals surface area contributed by atoms with E-state index in [0.717, 1.165) is 11.8 Å². The summed E-state index contributed by atoms with van der Waals surface area (Å²) in [6.07, 6.45) is 1.01. The van der Waals surface area contributed by atoms with Gasteiger partial charge in [-0.2, -0.15) is 8.42 Å². The maximum Gasteiger partial charge on any atom is 0.306 e. The Kier molecular flexibility index (Phi) is 3.57. The van der Waals surface area contributed by atoms with Crippen LogP contribution >= 0.6 is 0 Å². The minimum absolute atomic E-state index is 0.236. The minimum atomic E-state index is -3.51. The second kappa shape index (κ2) is 4.53. The van der Waals surface area contributed by atoms with Gasteiger partial charge in [-0.25, -0.2) is 0 Å². The highest BCUT2D eigenvalue weighted by Gasteiger charge is 2.10. The molecule has 0 aliphatic carbocycles. The maximum atomic E-state index is 11.0. The zero-order valence-corrected chi connectivity index (χ0v) is 9.80. The molecule has 15 heavy (non-hydrogen) atoms. The van der Waals surface area contributed by atoms with Crippen LogP contribution in [-0.4, -0.2) is 21.3 Å². The summed E-state index contributed by atoms with van der Waals surface area (Å²) in [6, 6.07) is 5.16. The van der Waals surface area contributed by atoms with Crippen molar-refractivity contribution in [2.24, 2.45) is 0 Å². The average Bonchev–Trinajstić information content (AvgIpc) is 2.07. The molecule has 0 fully saturated rings. The number of rotatable bonds is 4. The van der Waals surface area contributed by atoms with Crippen molar-refractivity contribution in [1.82, 2.24) is 0 Å². The van der Waals surface area contributed by atoms with Crippen LogP contribution in [0.4, 0.5) is 0 Å². The Balaban J connectivity index is 3.07. The number of hydrogen-bond acceptors (Lipinski definition) is 4. The Morgan fingerprint density at radius 3 is 2.47 bits per heavy atom. The Hall–Kier alpha value is -1.23. The molecule has 1 aromatic carbocycles. The van der Waals surface area contributed by atoms with E-state index in [1.807, 2.05) is 19.9 Å². The molecule has 4 nitrogen and oxygen atoms in total. The quantitative estimate of drug-likeness (QED) is 0.739. The highest BCUT2D eigenvalue weighted by molar-refractivity contribution is 7.86. The molecule has 0 amide bonds. The van der Waals surface area contributed by atoms with E-state index < -0.39 is 10.1 Å². The van der Waals surface area contributed by atoms with Crippen molar-refractivity contribution >= 4 is 10.1 Å². The van der Waals surface area contributed by atoms with Crippen molar-refractivity contribution in [2.75, 3.05) is 12.9 Å². The second-order valence-electron chi connectivity index (χ2n) is 3.17. The lowest BCUT2D eigenvalue weighted by molar-refractivity contribution is 0.327. The molecule has 1 rings (SSSR count). The fourth-order valence-electron chi connectivity index (χ4n) is 1.12. The van der Waals surface area contributed by atoms with E-state index in [9.17, 15) is 8.42 Å². The van der Waals surface area contributed by atoms with Crippen LogP contribution in [0.2, 0.25) is 0 Å². The summed E-state index contributed by atoms with van der Waals surface area (Å²) in [6.45, 7) is 4.14. The molecule has 84 valence electrons. The van der Waals surface area contributed by atoms with Crippen LogP contribution in [0.3, 0.4) is 0 Å². The van der Waals surface area contributed by atoms with Gasteiger partial charge in [0.25, 0.3) is 0 Å². The van der Waals surface area contributed by atoms with E-state index >= 15 is 0 Å². The topological polar surface area (TPSA) is 52.6 Å². The zero-order chi connectivity index (χ0) is 11.5. The van der Waals surface area contributed by atoms with Crippen LogP contribution in [-0.2, 0) is 10.1 Å². The third kappa shape index (κ3) is 3.79. The van der Waals surface area contributed by atoms with E-state index in [0.29, 0.717) is 12.4 Å². The summed E-state index contributed by atoms with van der Waals surface area (Å²) in [4.78, 5) is 0. The van der Waals surface area contributed by atoms with Gasteiger partial charge in [0.1, 0.15) is 0 Å². The molecular formula is C10H14O4S. The monoisotopic (exact) mass is 230 g/mol. The molecule has 1 aromatic rings. The average molecular weight is 230 g/mol. The van der Waals surface area contributed by atoms with E-state index in [4.69, 9.17) is 8.92 Å². The Morgan fingerprint density at radius 2 is 1.93 bits per heavy atom. The van der Waals surface area contributed by atoms with Crippen molar-refractivity contribution in [3.63, 3.8) is 0 Å². The molecule has 0 atom stereocenters. The van der Waals surface area contributed by atoms with Crippen molar-refractivity contribution in [2.45, 2.75) is 13.8 Å². The van der Waals surface area contributed by atoms with Crippen molar-refractivity contribution < 1.29 is 17.3 Å². The van der Waals surface area contributed by atoms with Gasteiger partial charge >= 0.3 is 10.1 Å². The molecule has 0 N–H and O–H groups in total. The molecular weight excluding hydrogens is 216 g/mol. The second-order valence-corrected chi connectivity index (χ2v) is 4.75. The third-order valence-corrected chi connectivity index (χ3v) is 2.12. The molecule has 0 aliphatic rings. The molecule has 0 aromatic heterocycles. The lowest BCUT2D eigenvalue weighted by atomic mass is 10.2. The molecule has 0 aliphatic heterocycles. The van der Waals surface area contributed by atoms with Gasteiger partial charge in [-0.15, -0.1) is 0 Å². The lowest BCUT2D eigenvalue weighted by Crippen LogP contribution is -2.07. The zero-order valence-electron chi connectivity index (χ0n) is 8.98. The molecule has 0 unspecified atom stereocenters. The first-order chi connectivity index (χ1) is 6.92. The first kappa shape index (κ1) is 11.8. The van der Waals surface area contributed by atoms with Crippen LogP contribution < -0.4 is 8.92 Å². The number of benzene rings is 1. The highest BCUT2D eigenvalue weighted by atomic mass is 32.2. The van der Waals surface area contributed by atoms with Gasteiger partial charge in [-0.3, -0.25) is 0 Å². The molecule has 0 radical (unpaired) electrons. The van der Waals surface area contributed by atoms with Gasteiger partial charge < -0.3 is 8.92 Å². The Bertz CT molecular complexity index is 437. The molecule has 0 saturated carbocycles. The van der Waals surface area contributed by atoms with Crippen LogP contribution in [0.15, 0.2) is 18.2 Å². The van der Waals surface area contributed by atoms with Crippen LogP contribution in [0, 0.1) is 6.92 Å². The van der Waals surface area contributed by atoms with Crippen molar-refractivity contribution in [1.29, 1.82) is 0 Å². The van der Waals surface area contributed by atoms with Gasteiger partial charge in [-0.1, -0.05) is 6.07 Å². The minimum Gasteiger partial charge on any atom is -0.490 e. The summed E-state index contributed by atoms with van der Waals surface area (Å²) in [7, 11) is -3.51. The predicted octanol–water partition coefficient (Wildman–Crippen LogP) is 1.73. The smallest absolute Gasteiger partial charge is 0.306 e. The highest BCUT2D eigenvalue weighted by Crippen LogP contribution is 2.29. The molecule has 5 heteroatoms. The van der Waals surface area contributed by atoms with E-state index in [1.54, 1.807) is 12.1 Å². The fourth-order valence-corrected chi connectivity index (χ4v) is 1.57. The molecule has 0 heterocycles. The Labute approximate surface area is 90.0 Å². The van der Waals surface area contributed by atoms with E-state index in [2.05, 4.69) is 0 Å². The van der Waals surface area contributed by atoms with E-state index in [-0.39, 0.29) is 5.75 Å². The molecule has 0 spiro atoms. The normalized spacial score (nSPS) is 11.1. The SMILES string of the molecule is CCOc1ccc(C)cc1OS(C)(=O)=O. The van der Waals surface area contributed by atoms with Crippen LogP contribution in [0.1, 0.15) is 12.5 Å². The largest absolute Gasteiger partial charge is 0.490 e.